The number of ether oxygens (including phenoxy) is 2. The van der Waals surface area contributed by atoms with Crippen molar-refractivity contribution in [2.24, 2.45) is 5.92 Å². The molecule has 27 heavy (non-hydrogen) atoms. The summed E-state index contributed by atoms with van der Waals surface area (Å²) in [6, 6.07) is -1.54. The molecule has 0 aliphatic carbocycles. The van der Waals surface area contributed by atoms with Gasteiger partial charge in [-0.2, -0.15) is 11.8 Å². The maximum absolute atomic E-state index is 12.7. The Hall–Kier alpha value is -1.44. The fraction of sp³-hybridized carbons (Fsp3) is 0.842. The minimum Gasteiger partial charge on any atom is -0.464 e. The SMILES string of the molecule is CCCCOC(=O)[C@@H](NC(=O)[C@H](CCSC)NC(=O)OC(C)(C)C)C(C)C. The monoisotopic (exact) mass is 404 g/mol. The van der Waals surface area contributed by atoms with E-state index in [1.807, 2.05) is 27.0 Å². The summed E-state index contributed by atoms with van der Waals surface area (Å²) in [6.45, 7) is 11.3. The fourth-order valence-electron chi connectivity index (χ4n) is 2.11. The fourth-order valence-corrected chi connectivity index (χ4v) is 2.58. The highest BCUT2D eigenvalue weighted by Crippen LogP contribution is 2.10. The molecule has 0 aromatic rings. The molecule has 0 aromatic heterocycles. The lowest BCUT2D eigenvalue weighted by molar-refractivity contribution is -0.149. The smallest absolute Gasteiger partial charge is 0.408 e. The molecule has 0 heterocycles. The van der Waals surface area contributed by atoms with Crippen molar-refractivity contribution in [1.29, 1.82) is 0 Å². The molecule has 8 heteroatoms. The molecule has 2 N–H and O–H groups in total. The number of amides is 2. The Morgan fingerprint density at radius 1 is 1.11 bits per heavy atom. The average molecular weight is 405 g/mol. The molecule has 0 fully saturated rings. The number of unbranched alkanes of at least 4 members (excludes halogenated alkanes) is 1. The van der Waals surface area contributed by atoms with Gasteiger partial charge < -0.3 is 20.1 Å². The lowest BCUT2D eigenvalue weighted by atomic mass is 10.0. The topological polar surface area (TPSA) is 93.7 Å². The van der Waals surface area contributed by atoms with Crippen LogP contribution in [-0.2, 0) is 19.1 Å². The molecule has 158 valence electrons. The van der Waals surface area contributed by atoms with Gasteiger partial charge in [-0.1, -0.05) is 27.2 Å². The van der Waals surface area contributed by atoms with E-state index in [-0.39, 0.29) is 5.92 Å². The molecular weight excluding hydrogens is 368 g/mol. The zero-order valence-electron chi connectivity index (χ0n) is 17.7. The molecule has 0 rings (SSSR count). The maximum atomic E-state index is 12.7. The van der Waals surface area contributed by atoms with E-state index < -0.39 is 35.7 Å². The van der Waals surface area contributed by atoms with E-state index in [1.54, 1.807) is 32.5 Å². The number of esters is 1. The largest absolute Gasteiger partial charge is 0.464 e. The van der Waals surface area contributed by atoms with E-state index >= 15 is 0 Å². The minimum absolute atomic E-state index is 0.134. The molecule has 0 aromatic carbocycles. The van der Waals surface area contributed by atoms with Crippen LogP contribution in [0, 0.1) is 5.92 Å². The molecule has 0 bridgehead atoms. The van der Waals surface area contributed by atoms with Gasteiger partial charge in [0.2, 0.25) is 5.91 Å². The Kier molecular flexibility index (Phi) is 12.2. The van der Waals surface area contributed by atoms with Gasteiger partial charge >= 0.3 is 12.1 Å². The lowest BCUT2D eigenvalue weighted by Crippen LogP contribution is -2.54. The summed E-state index contributed by atoms with van der Waals surface area (Å²) in [5.74, 6) is -0.319. The minimum atomic E-state index is -0.781. The summed E-state index contributed by atoms with van der Waals surface area (Å²) in [4.78, 5) is 37.0. The molecule has 0 spiro atoms. The summed E-state index contributed by atoms with van der Waals surface area (Å²) in [6.07, 6.45) is 3.39. The molecule has 0 saturated heterocycles. The summed E-state index contributed by atoms with van der Waals surface area (Å²) in [7, 11) is 0. The van der Waals surface area contributed by atoms with Crippen LogP contribution in [0.2, 0.25) is 0 Å². The van der Waals surface area contributed by atoms with Crippen molar-refractivity contribution in [3.8, 4) is 0 Å². The van der Waals surface area contributed by atoms with Gasteiger partial charge in [0.25, 0.3) is 0 Å². The molecule has 0 unspecified atom stereocenters. The van der Waals surface area contributed by atoms with E-state index in [2.05, 4.69) is 10.6 Å². The zero-order chi connectivity index (χ0) is 21.0. The van der Waals surface area contributed by atoms with Gasteiger partial charge in [-0.05, 0) is 51.5 Å². The summed E-state index contributed by atoms with van der Waals surface area (Å²) in [5.41, 5.74) is -0.659. The number of hydrogen-bond acceptors (Lipinski definition) is 6. The van der Waals surface area contributed by atoms with Crippen LogP contribution in [-0.4, -0.2) is 54.3 Å². The summed E-state index contributed by atoms with van der Waals surface area (Å²) < 4.78 is 10.5. The second-order valence-electron chi connectivity index (χ2n) is 7.73. The van der Waals surface area contributed by atoms with Crippen LogP contribution in [0.3, 0.4) is 0 Å². The van der Waals surface area contributed by atoms with Crippen LogP contribution in [0.1, 0.15) is 60.8 Å². The van der Waals surface area contributed by atoms with Crippen LogP contribution < -0.4 is 10.6 Å². The number of thioether (sulfide) groups is 1. The molecule has 0 saturated carbocycles. The van der Waals surface area contributed by atoms with Gasteiger partial charge in [0.05, 0.1) is 6.61 Å². The zero-order valence-corrected chi connectivity index (χ0v) is 18.5. The molecule has 2 amide bonds. The van der Waals surface area contributed by atoms with Crippen LogP contribution in [0.15, 0.2) is 0 Å². The molecule has 0 aliphatic rings. The second-order valence-corrected chi connectivity index (χ2v) is 8.72. The van der Waals surface area contributed by atoms with Crippen molar-refractivity contribution in [3.63, 3.8) is 0 Å². The molecule has 2 atom stereocenters. The first-order valence-electron chi connectivity index (χ1n) is 9.47. The number of alkyl carbamates (subject to hydrolysis) is 1. The van der Waals surface area contributed by atoms with Gasteiger partial charge in [-0.25, -0.2) is 9.59 Å². The molecule has 7 nitrogen and oxygen atoms in total. The first-order valence-corrected chi connectivity index (χ1v) is 10.9. The Labute approximate surface area is 167 Å². The highest BCUT2D eigenvalue weighted by Gasteiger charge is 2.30. The van der Waals surface area contributed by atoms with Crippen molar-refractivity contribution in [2.45, 2.75) is 78.5 Å². The third-order valence-corrected chi connectivity index (χ3v) is 4.22. The van der Waals surface area contributed by atoms with E-state index in [4.69, 9.17) is 9.47 Å². The predicted octanol–water partition coefficient (Wildman–Crippen LogP) is 3.12. The summed E-state index contributed by atoms with van der Waals surface area (Å²) in [5, 5.41) is 5.33. The molecule has 0 aliphatic heterocycles. The Morgan fingerprint density at radius 2 is 1.74 bits per heavy atom. The molecule has 0 radical (unpaired) electrons. The van der Waals surface area contributed by atoms with Crippen LogP contribution >= 0.6 is 11.8 Å². The predicted molar refractivity (Wildman–Crippen MR) is 109 cm³/mol. The standard InChI is InChI=1S/C19H36N2O5S/c1-8-9-11-25-17(23)15(13(2)3)21-16(22)14(10-12-27-7)20-18(24)26-19(4,5)6/h13-15H,8-12H2,1-7H3,(H,20,24)(H,21,22)/t14-,15-/m0/s1. The van der Waals surface area contributed by atoms with Crippen LogP contribution in [0.4, 0.5) is 4.79 Å². The van der Waals surface area contributed by atoms with Crippen molar-refractivity contribution in [3.05, 3.63) is 0 Å². The van der Waals surface area contributed by atoms with E-state index in [0.29, 0.717) is 18.8 Å². The van der Waals surface area contributed by atoms with Gasteiger partial charge in [-0.15, -0.1) is 0 Å². The van der Waals surface area contributed by atoms with Crippen LogP contribution in [0.5, 0.6) is 0 Å². The number of rotatable bonds is 11. The first-order chi connectivity index (χ1) is 12.5. The normalized spacial score (nSPS) is 13.6. The number of nitrogens with one attached hydrogen (secondary N) is 2. The quantitative estimate of drug-likeness (QED) is 0.406. The van der Waals surface area contributed by atoms with Crippen molar-refractivity contribution in [2.75, 3.05) is 18.6 Å². The maximum Gasteiger partial charge on any atom is 0.408 e. The third kappa shape index (κ3) is 11.8. The van der Waals surface area contributed by atoms with Gasteiger partial charge in [0.15, 0.2) is 0 Å². The number of carbonyl (C=O) groups is 3. The van der Waals surface area contributed by atoms with Crippen molar-refractivity contribution >= 4 is 29.7 Å². The lowest BCUT2D eigenvalue weighted by Gasteiger charge is -2.26. The third-order valence-electron chi connectivity index (χ3n) is 3.58. The van der Waals surface area contributed by atoms with E-state index in [9.17, 15) is 14.4 Å². The summed E-state index contributed by atoms with van der Waals surface area (Å²) >= 11 is 1.57. The van der Waals surface area contributed by atoms with Gasteiger partial charge in [0.1, 0.15) is 17.7 Å². The Morgan fingerprint density at radius 3 is 2.22 bits per heavy atom. The Balaban J connectivity index is 5.00. The van der Waals surface area contributed by atoms with E-state index in [1.165, 1.54) is 0 Å². The number of hydrogen-bond donors (Lipinski definition) is 2. The highest BCUT2D eigenvalue weighted by molar-refractivity contribution is 7.98. The van der Waals surface area contributed by atoms with Gasteiger partial charge in [0, 0.05) is 0 Å². The second kappa shape index (κ2) is 12.9. The Bertz CT molecular complexity index is 477. The van der Waals surface area contributed by atoms with Crippen molar-refractivity contribution < 1.29 is 23.9 Å². The van der Waals surface area contributed by atoms with Crippen molar-refractivity contribution in [1.82, 2.24) is 10.6 Å². The van der Waals surface area contributed by atoms with E-state index in [0.717, 1.165) is 12.8 Å². The van der Waals surface area contributed by atoms with Crippen LogP contribution in [0.25, 0.3) is 0 Å². The average Bonchev–Trinajstić information content (AvgIpc) is 2.54. The number of carbonyl (C=O) groups excluding carboxylic acids is 3. The molecular formula is C19H36N2O5S. The highest BCUT2D eigenvalue weighted by atomic mass is 32.2. The van der Waals surface area contributed by atoms with Gasteiger partial charge in [-0.3, -0.25) is 4.79 Å². The first kappa shape index (κ1) is 25.6.